The van der Waals surface area contributed by atoms with E-state index in [0.29, 0.717) is 39.1 Å². The van der Waals surface area contributed by atoms with Gasteiger partial charge in [0.25, 0.3) is 0 Å². The Morgan fingerprint density at radius 3 is 1.69 bits per heavy atom. The molecule has 3 N–H and O–H groups in total. The highest BCUT2D eigenvalue weighted by atomic mass is 32.1. The third-order valence-electron chi connectivity index (χ3n) is 4.79. The van der Waals surface area contributed by atoms with Gasteiger partial charge in [0.15, 0.2) is 0 Å². The molecule has 2 heterocycles. The highest BCUT2D eigenvalue weighted by Gasteiger charge is 2.19. The van der Waals surface area contributed by atoms with Crippen molar-refractivity contribution in [1.29, 1.82) is 0 Å². The Labute approximate surface area is 209 Å². The number of rotatable bonds is 7. The van der Waals surface area contributed by atoms with E-state index >= 15 is 0 Å². The summed E-state index contributed by atoms with van der Waals surface area (Å²) in [5.74, 6) is -1.07. The fourth-order valence-electron chi connectivity index (χ4n) is 3.13. The summed E-state index contributed by atoms with van der Waals surface area (Å²) in [5.41, 5.74) is 2.92. The maximum atomic E-state index is 11.2. The minimum absolute atomic E-state index is 0.146. The zero-order chi connectivity index (χ0) is 25.5. The summed E-state index contributed by atoms with van der Waals surface area (Å²) in [6, 6.07) is 13.5. The van der Waals surface area contributed by atoms with E-state index in [1.807, 2.05) is 0 Å². The first-order valence-corrected chi connectivity index (χ1v) is 11.8. The van der Waals surface area contributed by atoms with Crippen LogP contribution in [0.25, 0.3) is 22.5 Å². The molecule has 0 amide bonds. The first kappa shape index (κ1) is 25.6. The van der Waals surface area contributed by atoms with Crippen LogP contribution in [0.3, 0.4) is 0 Å². The number of aromatic nitrogens is 2. The van der Waals surface area contributed by atoms with Gasteiger partial charge in [-0.3, -0.25) is 0 Å². The molecule has 0 atom stereocenters. The second-order valence-corrected chi connectivity index (χ2v) is 9.16. The topological polar surface area (TPSA) is 130 Å². The van der Waals surface area contributed by atoms with Gasteiger partial charge in [-0.15, -0.1) is 0 Å². The molecule has 0 aliphatic rings. The largest absolute Gasteiger partial charge is 0.508 e. The van der Waals surface area contributed by atoms with Crippen molar-refractivity contribution in [2.45, 2.75) is 13.8 Å². The summed E-state index contributed by atoms with van der Waals surface area (Å²) in [6.07, 6.45) is 1.67. The van der Waals surface area contributed by atoms with Gasteiger partial charge in [-0.1, -0.05) is 12.7 Å². The van der Waals surface area contributed by atoms with Gasteiger partial charge in [-0.25, -0.2) is 9.59 Å². The molecule has 2 aromatic heterocycles. The van der Waals surface area contributed by atoms with Gasteiger partial charge in [0.2, 0.25) is 0 Å². The van der Waals surface area contributed by atoms with Gasteiger partial charge in [-0.2, -0.15) is 8.75 Å². The van der Waals surface area contributed by atoms with E-state index in [4.69, 9.17) is 14.9 Å². The Hall–Kier alpha value is -4.02. The van der Waals surface area contributed by atoms with Crippen molar-refractivity contribution in [2.24, 2.45) is 0 Å². The fraction of sp³-hybridized carbons (Fsp3) is 0.120. The number of hydrogen-bond acceptors (Lipinski definition) is 8. The number of aromatic carboxylic acids is 2. The molecule has 0 aliphatic heterocycles. The SMILES string of the molecule is C=CCOc1ccc(-c2nsc(C)c2C(=O)O)cc1.Cc1snc(-c2ccc(O)cc2)c1C(=O)O. The van der Waals surface area contributed by atoms with Gasteiger partial charge in [-0.05, 0) is 85.4 Å². The molecular weight excluding hydrogens is 488 g/mol. The zero-order valence-corrected chi connectivity index (χ0v) is 20.5. The average molecular weight is 511 g/mol. The van der Waals surface area contributed by atoms with Crippen LogP contribution in [0.5, 0.6) is 11.5 Å². The van der Waals surface area contributed by atoms with E-state index in [-0.39, 0.29) is 16.9 Å². The number of phenols is 1. The summed E-state index contributed by atoms with van der Waals surface area (Å²) >= 11 is 2.36. The number of carbonyl (C=O) groups is 2. The molecular formula is C25H22N2O6S2. The van der Waals surface area contributed by atoms with Crippen molar-refractivity contribution in [3.05, 3.63) is 82.1 Å². The standard InChI is InChI=1S/C14H13NO3S.C11H9NO3S/c1-3-8-18-11-6-4-10(5-7-11)13-12(14(16)17)9(2)19-15-13;1-6-9(11(14)15)10(12-16-6)7-2-4-8(13)5-3-7/h3-7H,1,8H2,2H3,(H,16,17);2-5,13H,1H3,(H,14,15). The first-order valence-electron chi connectivity index (χ1n) is 10.3. The minimum atomic E-state index is -0.977. The maximum Gasteiger partial charge on any atom is 0.339 e. The number of hydrogen-bond donors (Lipinski definition) is 3. The molecule has 0 unspecified atom stereocenters. The summed E-state index contributed by atoms with van der Waals surface area (Å²) in [6.45, 7) is 7.50. The molecule has 8 nitrogen and oxygen atoms in total. The molecule has 35 heavy (non-hydrogen) atoms. The maximum absolute atomic E-state index is 11.2. The number of carboxylic acid groups (broad SMARTS) is 2. The lowest BCUT2D eigenvalue weighted by Gasteiger charge is -2.04. The predicted octanol–water partition coefficient (Wildman–Crippen LogP) is 5.90. The van der Waals surface area contributed by atoms with E-state index in [0.717, 1.165) is 5.56 Å². The Kier molecular flexibility index (Phi) is 8.34. The molecule has 0 aliphatic carbocycles. The first-order chi connectivity index (χ1) is 16.7. The van der Waals surface area contributed by atoms with Crippen molar-refractivity contribution >= 4 is 35.0 Å². The molecule has 0 radical (unpaired) electrons. The molecule has 180 valence electrons. The normalized spacial score (nSPS) is 10.2. The van der Waals surface area contributed by atoms with Crippen LogP contribution >= 0.6 is 23.1 Å². The number of benzene rings is 2. The lowest BCUT2D eigenvalue weighted by Crippen LogP contribution is -1.99. The fourth-order valence-corrected chi connectivity index (χ4v) is 4.53. The van der Waals surface area contributed by atoms with Crippen molar-refractivity contribution in [3.63, 3.8) is 0 Å². The number of nitrogens with zero attached hydrogens (tertiary/aromatic N) is 2. The molecule has 0 bridgehead atoms. The van der Waals surface area contributed by atoms with Crippen LogP contribution in [0.15, 0.2) is 61.2 Å². The lowest BCUT2D eigenvalue weighted by molar-refractivity contribution is 0.0686. The summed E-state index contributed by atoms with van der Waals surface area (Å²) in [5, 5.41) is 27.4. The Balaban J connectivity index is 0.000000198. The van der Waals surface area contributed by atoms with Gasteiger partial charge in [0.05, 0.1) is 11.4 Å². The molecule has 10 heteroatoms. The molecule has 0 saturated carbocycles. The van der Waals surface area contributed by atoms with Gasteiger partial charge in [0.1, 0.15) is 29.2 Å². The van der Waals surface area contributed by atoms with Crippen LogP contribution < -0.4 is 4.74 Å². The van der Waals surface area contributed by atoms with Crippen molar-refractivity contribution in [3.8, 4) is 34.0 Å². The second kappa shape index (κ2) is 11.4. The molecule has 0 spiro atoms. The summed E-state index contributed by atoms with van der Waals surface area (Å²) in [7, 11) is 0. The molecule has 2 aromatic carbocycles. The molecule has 0 saturated heterocycles. The van der Waals surface area contributed by atoms with Crippen LogP contribution in [-0.4, -0.2) is 42.6 Å². The van der Waals surface area contributed by atoms with Crippen molar-refractivity contribution < 1.29 is 29.6 Å². The summed E-state index contributed by atoms with van der Waals surface area (Å²) in [4.78, 5) is 23.7. The van der Waals surface area contributed by atoms with Crippen LogP contribution in [0, 0.1) is 13.8 Å². The smallest absolute Gasteiger partial charge is 0.339 e. The number of phenolic OH excluding ortho intramolecular Hbond substituents is 1. The number of ether oxygens (including phenoxy) is 1. The highest BCUT2D eigenvalue weighted by molar-refractivity contribution is 7.06. The van der Waals surface area contributed by atoms with Crippen LogP contribution in [0.2, 0.25) is 0 Å². The van der Waals surface area contributed by atoms with Crippen molar-refractivity contribution in [1.82, 2.24) is 8.75 Å². The van der Waals surface area contributed by atoms with Crippen molar-refractivity contribution in [2.75, 3.05) is 6.61 Å². The number of aryl methyl sites for hydroxylation is 2. The van der Waals surface area contributed by atoms with E-state index < -0.39 is 11.9 Å². The Morgan fingerprint density at radius 2 is 1.29 bits per heavy atom. The molecule has 4 rings (SSSR count). The number of carboxylic acids is 2. The van der Waals surface area contributed by atoms with Gasteiger partial charge < -0.3 is 20.1 Å². The van der Waals surface area contributed by atoms with E-state index in [1.54, 1.807) is 56.3 Å². The third-order valence-corrected chi connectivity index (χ3v) is 6.29. The quantitative estimate of drug-likeness (QED) is 0.262. The van der Waals surface area contributed by atoms with Crippen LogP contribution in [-0.2, 0) is 0 Å². The summed E-state index contributed by atoms with van der Waals surface area (Å²) < 4.78 is 13.7. The van der Waals surface area contributed by atoms with E-state index in [1.165, 1.54) is 35.2 Å². The number of aromatic hydroxyl groups is 1. The second-order valence-electron chi connectivity index (χ2n) is 7.21. The Morgan fingerprint density at radius 1 is 0.857 bits per heavy atom. The van der Waals surface area contributed by atoms with Crippen LogP contribution in [0.1, 0.15) is 30.5 Å². The Bertz CT molecular complexity index is 1340. The highest BCUT2D eigenvalue weighted by Crippen LogP contribution is 2.30. The van der Waals surface area contributed by atoms with E-state index in [9.17, 15) is 14.7 Å². The molecule has 0 fully saturated rings. The van der Waals surface area contributed by atoms with Gasteiger partial charge >= 0.3 is 11.9 Å². The minimum Gasteiger partial charge on any atom is -0.508 e. The average Bonchev–Trinajstić information content (AvgIpc) is 3.41. The third kappa shape index (κ3) is 6.11. The monoisotopic (exact) mass is 510 g/mol. The van der Waals surface area contributed by atoms with E-state index in [2.05, 4.69) is 15.3 Å². The zero-order valence-electron chi connectivity index (χ0n) is 18.9. The lowest BCUT2D eigenvalue weighted by atomic mass is 10.1. The van der Waals surface area contributed by atoms with Crippen LogP contribution in [0.4, 0.5) is 0 Å². The predicted molar refractivity (Wildman–Crippen MR) is 136 cm³/mol. The molecule has 4 aromatic rings. The van der Waals surface area contributed by atoms with Gasteiger partial charge in [0, 0.05) is 20.9 Å².